The van der Waals surface area contributed by atoms with Gasteiger partial charge in [0.05, 0.1) is 12.3 Å². The zero-order chi connectivity index (χ0) is 15.0. The number of nitrogens with one attached hydrogen (secondary N) is 1. The van der Waals surface area contributed by atoms with Crippen molar-refractivity contribution in [1.29, 1.82) is 0 Å². The van der Waals surface area contributed by atoms with Crippen molar-refractivity contribution in [1.82, 2.24) is 4.98 Å². The molecule has 0 aliphatic carbocycles. The highest BCUT2D eigenvalue weighted by molar-refractivity contribution is 5.90. The third-order valence-corrected chi connectivity index (χ3v) is 3.45. The minimum absolute atomic E-state index is 0.00879. The maximum absolute atomic E-state index is 9.55. The third-order valence-electron chi connectivity index (χ3n) is 3.45. The second-order valence-corrected chi connectivity index (χ2v) is 5.12. The Balaban J connectivity index is 3.14. The average Bonchev–Trinajstić information content (AvgIpc) is 2.43. The van der Waals surface area contributed by atoms with Gasteiger partial charge in [0.2, 0.25) is 0 Å². The fourth-order valence-electron chi connectivity index (χ4n) is 2.43. The Kier molecular flexibility index (Phi) is 7.23. The van der Waals surface area contributed by atoms with E-state index in [1.165, 1.54) is 0 Å². The Labute approximate surface area is 122 Å². The highest BCUT2D eigenvalue weighted by Crippen LogP contribution is 2.24. The molecule has 0 saturated heterocycles. The predicted octanol–water partition coefficient (Wildman–Crippen LogP) is 3.31. The smallest absolute Gasteiger partial charge is 0.0717 e. The Hall–Kier alpha value is -1.42. The molecule has 0 saturated carbocycles. The molecule has 0 aliphatic heterocycles. The number of aryl methyl sites for hydroxylation is 1. The molecule has 112 valence electrons. The maximum atomic E-state index is 9.55. The highest BCUT2D eigenvalue weighted by Gasteiger charge is 2.14. The molecule has 2 N–H and O–H groups in total. The van der Waals surface area contributed by atoms with E-state index in [1.807, 2.05) is 13.1 Å². The summed E-state index contributed by atoms with van der Waals surface area (Å²) in [4.78, 5) is 8.45. The number of anilines is 1. The maximum Gasteiger partial charge on any atom is 0.0717 e. The standard InChI is InChI=1S/C16H27N3O/c1-5-7-14(8-6-2)19-16-13(11-20)9-18-12(3)15(16)10-17-4/h9-10,14,20H,5-8,11H2,1-4H3,(H,18,19). The van der Waals surface area contributed by atoms with E-state index in [1.54, 1.807) is 13.2 Å². The van der Waals surface area contributed by atoms with Gasteiger partial charge in [0.25, 0.3) is 0 Å². The Morgan fingerprint density at radius 3 is 2.50 bits per heavy atom. The fourth-order valence-corrected chi connectivity index (χ4v) is 2.43. The molecule has 0 radical (unpaired) electrons. The van der Waals surface area contributed by atoms with Crippen LogP contribution in [0.25, 0.3) is 0 Å². The molecule has 0 atom stereocenters. The van der Waals surface area contributed by atoms with E-state index in [-0.39, 0.29) is 6.61 Å². The van der Waals surface area contributed by atoms with Gasteiger partial charge in [-0.1, -0.05) is 26.7 Å². The van der Waals surface area contributed by atoms with E-state index in [9.17, 15) is 5.11 Å². The van der Waals surface area contributed by atoms with Crippen LogP contribution in [0.15, 0.2) is 11.2 Å². The summed E-state index contributed by atoms with van der Waals surface area (Å²) in [7, 11) is 1.75. The molecule has 0 fully saturated rings. The molecule has 1 rings (SSSR count). The molecular weight excluding hydrogens is 250 g/mol. The van der Waals surface area contributed by atoms with Crippen LogP contribution in [0.3, 0.4) is 0 Å². The second-order valence-electron chi connectivity index (χ2n) is 5.12. The summed E-state index contributed by atoms with van der Waals surface area (Å²) in [6.45, 7) is 6.36. The van der Waals surface area contributed by atoms with E-state index in [0.717, 1.165) is 48.2 Å². The van der Waals surface area contributed by atoms with Gasteiger partial charge in [0.1, 0.15) is 0 Å². The van der Waals surface area contributed by atoms with Crippen LogP contribution in [0.5, 0.6) is 0 Å². The normalized spacial score (nSPS) is 11.5. The zero-order valence-corrected chi connectivity index (χ0v) is 13.1. The van der Waals surface area contributed by atoms with Crippen LogP contribution >= 0.6 is 0 Å². The molecule has 0 unspecified atom stereocenters. The highest BCUT2D eigenvalue weighted by atomic mass is 16.3. The van der Waals surface area contributed by atoms with E-state index < -0.39 is 0 Å². The summed E-state index contributed by atoms with van der Waals surface area (Å²) in [5.74, 6) is 0. The lowest BCUT2D eigenvalue weighted by molar-refractivity contribution is 0.282. The number of pyridine rings is 1. The van der Waals surface area contributed by atoms with Crippen molar-refractivity contribution < 1.29 is 5.11 Å². The number of nitrogens with zero attached hydrogens (tertiary/aromatic N) is 2. The molecule has 0 spiro atoms. The van der Waals surface area contributed by atoms with Crippen molar-refractivity contribution in [2.75, 3.05) is 12.4 Å². The lowest BCUT2D eigenvalue weighted by Crippen LogP contribution is -2.21. The molecule has 0 aliphatic rings. The summed E-state index contributed by atoms with van der Waals surface area (Å²) in [6.07, 6.45) is 8.12. The quantitative estimate of drug-likeness (QED) is 0.717. The van der Waals surface area contributed by atoms with Crippen LogP contribution in [0.4, 0.5) is 5.69 Å². The number of aliphatic imine (C=N–C) groups is 1. The molecule has 0 amide bonds. The first-order valence-corrected chi connectivity index (χ1v) is 7.45. The van der Waals surface area contributed by atoms with Crippen molar-refractivity contribution in [3.63, 3.8) is 0 Å². The van der Waals surface area contributed by atoms with Crippen LogP contribution in [-0.4, -0.2) is 29.4 Å². The van der Waals surface area contributed by atoms with E-state index in [2.05, 4.69) is 29.1 Å². The van der Waals surface area contributed by atoms with Crippen molar-refractivity contribution in [2.24, 2.45) is 4.99 Å². The molecule has 1 aromatic heterocycles. The first-order chi connectivity index (χ1) is 9.67. The topological polar surface area (TPSA) is 57.5 Å². The molecule has 0 bridgehead atoms. The van der Waals surface area contributed by atoms with Gasteiger partial charge in [-0.3, -0.25) is 9.98 Å². The minimum Gasteiger partial charge on any atom is -0.392 e. The van der Waals surface area contributed by atoms with Gasteiger partial charge in [0, 0.05) is 42.3 Å². The van der Waals surface area contributed by atoms with E-state index in [0.29, 0.717) is 6.04 Å². The van der Waals surface area contributed by atoms with Crippen molar-refractivity contribution >= 4 is 11.9 Å². The Bertz CT molecular complexity index is 438. The minimum atomic E-state index is -0.00879. The van der Waals surface area contributed by atoms with Crippen molar-refractivity contribution in [3.05, 3.63) is 23.0 Å². The summed E-state index contributed by atoms with van der Waals surface area (Å²) >= 11 is 0. The number of aromatic nitrogens is 1. The first-order valence-electron chi connectivity index (χ1n) is 7.45. The molecule has 1 aromatic rings. The van der Waals surface area contributed by atoms with Crippen LogP contribution in [0.2, 0.25) is 0 Å². The molecule has 1 heterocycles. The monoisotopic (exact) mass is 277 g/mol. The second kappa shape index (κ2) is 8.69. The van der Waals surface area contributed by atoms with Gasteiger partial charge in [-0.2, -0.15) is 0 Å². The summed E-state index contributed by atoms with van der Waals surface area (Å²) < 4.78 is 0. The van der Waals surface area contributed by atoms with Gasteiger partial charge < -0.3 is 10.4 Å². The Morgan fingerprint density at radius 2 is 2.00 bits per heavy atom. The van der Waals surface area contributed by atoms with Crippen LogP contribution in [-0.2, 0) is 6.61 Å². The lowest BCUT2D eigenvalue weighted by Gasteiger charge is -2.22. The number of hydrogen-bond acceptors (Lipinski definition) is 4. The van der Waals surface area contributed by atoms with Crippen LogP contribution < -0.4 is 5.32 Å². The number of aliphatic hydroxyl groups is 1. The molecular formula is C16H27N3O. The predicted molar refractivity (Wildman–Crippen MR) is 85.6 cm³/mol. The number of rotatable bonds is 8. The van der Waals surface area contributed by atoms with Crippen molar-refractivity contribution in [2.45, 2.75) is 59.1 Å². The third kappa shape index (κ3) is 4.30. The van der Waals surface area contributed by atoms with Crippen molar-refractivity contribution in [3.8, 4) is 0 Å². The van der Waals surface area contributed by atoms with Gasteiger partial charge in [0.15, 0.2) is 0 Å². The lowest BCUT2D eigenvalue weighted by atomic mass is 10.0. The van der Waals surface area contributed by atoms with E-state index >= 15 is 0 Å². The molecule has 4 nitrogen and oxygen atoms in total. The summed E-state index contributed by atoms with van der Waals surface area (Å²) in [5, 5.41) is 13.2. The van der Waals surface area contributed by atoms with Crippen LogP contribution in [0.1, 0.15) is 56.4 Å². The zero-order valence-electron chi connectivity index (χ0n) is 13.1. The van der Waals surface area contributed by atoms with Gasteiger partial charge >= 0.3 is 0 Å². The van der Waals surface area contributed by atoms with Gasteiger partial charge in [-0.25, -0.2) is 0 Å². The summed E-state index contributed by atoms with van der Waals surface area (Å²) in [6, 6.07) is 0.432. The SMILES string of the molecule is CCCC(CCC)Nc1c(CO)cnc(C)c1C=NC. The fraction of sp³-hybridized carbons (Fsp3) is 0.625. The molecule has 20 heavy (non-hydrogen) atoms. The largest absolute Gasteiger partial charge is 0.392 e. The van der Waals surface area contributed by atoms with E-state index in [4.69, 9.17) is 0 Å². The Morgan fingerprint density at radius 1 is 1.35 bits per heavy atom. The summed E-state index contributed by atoms with van der Waals surface area (Å²) in [5.41, 5.74) is 3.73. The number of hydrogen-bond donors (Lipinski definition) is 2. The average molecular weight is 277 g/mol. The number of aliphatic hydroxyl groups excluding tert-OH is 1. The first kappa shape index (κ1) is 16.6. The van der Waals surface area contributed by atoms with Gasteiger partial charge in [-0.15, -0.1) is 0 Å². The molecule has 4 heteroatoms. The molecule has 0 aromatic carbocycles. The van der Waals surface area contributed by atoms with Crippen LogP contribution in [0, 0.1) is 6.92 Å². The van der Waals surface area contributed by atoms with Gasteiger partial charge in [-0.05, 0) is 19.8 Å².